The largest absolute Gasteiger partial charge is 0.484 e. The van der Waals surface area contributed by atoms with Crippen LogP contribution in [-0.2, 0) is 11.0 Å². The smallest absolute Gasteiger partial charge is 0.422 e. The Morgan fingerprint density at radius 1 is 1.11 bits per heavy atom. The molecule has 1 atom stereocenters. The van der Waals surface area contributed by atoms with Crippen LogP contribution < -0.4 is 4.74 Å². The molecular formula is C17H15F6NO3. The topological polar surface area (TPSA) is 67.2 Å². The van der Waals surface area contributed by atoms with Crippen molar-refractivity contribution in [3.8, 4) is 11.8 Å². The van der Waals surface area contributed by atoms with Crippen molar-refractivity contribution in [2.45, 2.75) is 33.1 Å². The number of rotatable bonds is 5. The Morgan fingerprint density at radius 2 is 1.67 bits per heavy atom. The molecule has 0 heterocycles. The summed E-state index contributed by atoms with van der Waals surface area (Å²) in [6.07, 6.45) is -9.88. The van der Waals surface area contributed by atoms with E-state index in [0.717, 1.165) is 6.07 Å². The van der Waals surface area contributed by atoms with Crippen LogP contribution in [0.4, 0.5) is 26.3 Å². The first kappa shape index (κ1) is 22.5. The molecule has 0 aliphatic heterocycles. The van der Waals surface area contributed by atoms with Gasteiger partial charge in [0.15, 0.2) is 24.1 Å². The minimum absolute atomic E-state index is 0.231. The maximum atomic E-state index is 13.3. The van der Waals surface area contributed by atoms with Gasteiger partial charge in [-0.05, 0) is 18.2 Å². The summed E-state index contributed by atoms with van der Waals surface area (Å²) in [4.78, 5) is 24.6. The van der Waals surface area contributed by atoms with Crippen LogP contribution in [0, 0.1) is 22.7 Å². The Kier molecular flexibility index (Phi) is 6.31. The zero-order valence-electron chi connectivity index (χ0n) is 14.5. The Bertz CT molecular complexity index is 769. The molecule has 0 spiro atoms. The Balaban J connectivity index is 3.36. The molecule has 1 aromatic carbocycles. The minimum Gasteiger partial charge on any atom is -0.484 e. The summed E-state index contributed by atoms with van der Waals surface area (Å²) in [7, 11) is 0. The van der Waals surface area contributed by atoms with E-state index < -0.39 is 58.7 Å². The number of hydrogen-bond acceptors (Lipinski definition) is 4. The molecule has 0 fully saturated rings. The van der Waals surface area contributed by atoms with E-state index in [4.69, 9.17) is 5.26 Å². The summed E-state index contributed by atoms with van der Waals surface area (Å²) < 4.78 is 80.5. The molecule has 4 nitrogen and oxygen atoms in total. The van der Waals surface area contributed by atoms with Gasteiger partial charge in [-0.3, -0.25) is 9.59 Å². The van der Waals surface area contributed by atoms with Crippen LogP contribution in [0.5, 0.6) is 5.75 Å². The highest BCUT2D eigenvalue weighted by molar-refractivity contribution is 6.14. The van der Waals surface area contributed by atoms with Crippen LogP contribution in [0.25, 0.3) is 0 Å². The number of carbonyl (C=O) groups excluding carboxylic acids is 2. The second-order valence-electron chi connectivity index (χ2n) is 6.65. The second-order valence-corrected chi connectivity index (χ2v) is 6.65. The molecule has 1 rings (SSSR count). The lowest BCUT2D eigenvalue weighted by Crippen LogP contribution is -2.33. The molecule has 0 bridgehead atoms. The van der Waals surface area contributed by atoms with E-state index in [9.17, 15) is 35.9 Å². The van der Waals surface area contributed by atoms with Crippen molar-refractivity contribution < 1.29 is 40.7 Å². The zero-order chi connectivity index (χ0) is 21.2. The van der Waals surface area contributed by atoms with Gasteiger partial charge in [0.2, 0.25) is 0 Å². The van der Waals surface area contributed by atoms with Crippen molar-refractivity contribution in [3.63, 3.8) is 0 Å². The molecule has 148 valence electrons. The van der Waals surface area contributed by atoms with Crippen molar-refractivity contribution in [3.05, 3.63) is 29.3 Å². The number of nitrogens with zero attached hydrogens (tertiary/aromatic N) is 1. The highest BCUT2D eigenvalue weighted by atomic mass is 19.4. The van der Waals surface area contributed by atoms with Gasteiger partial charge in [0.25, 0.3) is 0 Å². The SMILES string of the molecule is CC(C)(C)C(=O)C(C#N)C(=O)c1ccc(OCC(F)(F)F)cc1C(F)(F)F. The first-order valence-electron chi connectivity index (χ1n) is 7.47. The minimum atomic E-state index is -5.12. The molecule has 0 saturated heterocycles. The van der Waals surface area contributed by atoms with Crippen molar-refractivity contribution in [1.82, 2.24) is 0 Å². The summed E-state index contributed by atoms with van der Waals surface area (Å²) in [6, 6.07) is 2.96. The third-order valence-electron chi connectivity index (χ3n) is 3.36. The lowest BCUT2D eigenvalue weighted by Gasteiger charge is -2.21. The molecule has 0 N–H and O–H groups in total. The molecular weight excluding hydrogens is 380 g/mol. The lowest BCUT2D eigenvalue weighted by molar-refractivity contribution is -0.153. The molecule has 0 aromatic heterocycles. The standard InChI is InChI=1S/C17H15F6NO3/c1-15(2,3)14(26)11(7-24)13(25)10-5-4-9(27-8-16(18,19)20)6-12(10)17(21,22)23/h4-6,11H,8H2,1-3H3. The van der Waals surface area contributed by atoms with Gasteiger partial charge in [-0.15, -0.1) is 0 Å². The maximum Gasteiger partial charge on any atom is 0.422 e. The fourth-order valence-electron chi connectivity index (χ4n) is 2.05. The van der Waals surface area contributed by atoms with E-state index in [-0.39, 0.29) is 6.07 Å². The number of nitriles is 1. The molecule has 0 aliphatic rings. The maximum absolute atomic E-state index is 13.3. The Morgan fingerprint density at radius 3 is 2.07 bits per heavy atom. The van der Waals surface area contributed by atoms with Crippen molar-refractivity contribution in [2.24, 2.45) is 11.3 Å². The first-order valence-corrected chi connectivity index (χ1v) is 7.47. The average Bonchev–Trinajstić information content (AvgIpc) is 2.50. The van der Waals surface area contributed by atoms with Gasteiger partial charge in [-0.1, -0.05) is 20.8 Å². The molecule has 0 radical (unpaired) electrons. The van der Waals surface area contributed by atoms with Gasteiger partial charge < -0.3 is 4.74 Å². The van der Waals surface area contributed by atoms with Gasteiger partial charge in [0.05, 0.1) is 11.6 Å². The van der Waals surface area contributed by atoms with E-state index in [1.54, 1.807) is 0 Å². The van der Waals surface area contributed by atoms with Crippen molar-refractivity contribution in [2.75, 3.05) is 6.61 Å². The monoisotopic (exact) mass is 395 g/mol. The summed E-state index contributed by atoms with van der Waals surface area (Å²) in [6.45, 7) is 2.37. The van der Waals surface area contributed by atoms with E-state index in [0.29, 0.717) is 6.07 Å². The van der Waals surface area contributed by atoms with Gasteiger partial charge in [0.1, 0.15) is 5.75 Å². The number of ether oxygens (including phenoxy) is 1. The highest BCUT2D eigenvalue weighted by Crippen LogP contribution is 2.36. The molecule has 1 unspecified atom stereocenters. The molecule has 27 heavy (non-hydrogen) atoms. The predicted molar refractivity (Wildman–Crippen MR) is 80.9 cm³/mol. The van der Waals surface area contributed by atoms with E-state index in [2.05, 4.69) is 4.74 Å². The van der Waals surface area contributed by atoms with E-state index in [1.165, 1.54) is 26.8 Å². The van der Waals surface area contributed by atoms with Crippen molar-refractivity contribution in [1.29, 1.82) is 5.26 Å². The third-order valence-corrected chi connectivity index (χ3v) is 3.36. The summed E-state index contributed by atoms with van der Waals surface area (Å²) in [5, 5.41) is 9.09. The van der Waals surface area contributed by atoms with Crippen molar-refractivity contribution >= 4 is 11.6 Å². The number of alkyl halides is 6. The number of Topliss-reactive ketones (excluding diaryl/α,β-unsaturated/α-hetero) is 2. The molecule has 10 heteroatoms. The molecule has 0 aliphatic carbocycles. The van der Waals surface area contributed by atoms with E-state index in [1.807, 2.05) is 0 Å². The number of benzene rings is 1. The number of hydrogen-bond donors (Lipinski definition) is 0. The summed E-state index contributed by atoms with van der Waals surface area (Å²) in [5.74, 6) is -4.99. The predicted octanol–water partition coefficient (Wildman–Crippen LogP) is 4.58. The van der Waals surface area contributed by atoms with Crippen LogP contribution in [-0.4, -0.2) is 24.3 Å². The lowest BCUT2D eigenvalue weighted by atomic mass is 9.80. The fraction of sp³-hybridized carbons (Fsp3) is 0.471. The molecule has 0 saturated carbocycles. The average molecular weight is 395 g/mol. The van der Waals surface area contributed by atoms with Crippen LogP contribution in [0.1, 0.15) is 36.7 Å². The first-order chi connectivity index (χ1) is 12.1. The Hall–Kier alpha value is -2.57. The van der Waals surface area contributed by atoms with E-state index >= 15 is 0 Å². The third kappa shape index (κ3) is 5.98. The van der Waals surface area contributed by atoms with Crippen LogP contribution in [0.15, 0.2) is 18.2 Å². The van der Waals surface area contributed by atoms with Crippen LogP contribution in [0.3, 0.4) is 0 Å². The van der Waals surface area contributed by atoms with Crippen LogP contribution >= 0.6 is 0 Å². The normalized spacial score (nSPS) is 13.6. The number of halogens is 6. The second kappa shape index (κ2) is 7.58. The van der Waals surface area contributed by atoms with Gasteiger partial charge in [0, 0.05) is 11.0 Å². The Labute approximate surface area is 150 Å². The fourth-order valence-corrected chi connectivity index (χ4v) is 2.05. The van der Waals surface area contributed by atoms with Gasteiger partial charge in [-0.2, -0.15) is 31.6 Å². The van der Waals surface area contributed by atoms with Gasteiger partial charge >= 0.3 is 12.4 Å². The summed E-state index contributed by atoms with van der Waals surface area (Å²) >= 11 is 0. The van der Waals surface area contributed by atoms with Gasteiger partial charge in [-0.25, -0.2) is 0 Å². The summed E-state index contributed by atoms with van der Waals surface area (Å²) in [5.41, 5.74) is -3.75. The molecule has 1 aromatic rings. The quantitative estimate of drug-likeness (QED) is 0.416. The highest BCUT2D eigenvalue weighted by Gasteiger charge is 2.41. The number of ketones is 2. The number of carbonyl (C=O) groups is 2. The van der Waals surface area contributed by atoms with Crippen LogP contribution in [0.2, 0.25) is 0 Å². The zero-order valence-corrected chi connectivity index (χ0v) is 14.5. The molecule has 0 amide bonds.